The molecule has 0 saturated heterocycles. The lowest BCUT2D eigenvalue weighted by Crippen LogP contribution is -2.20. The van der Waals surface area contributed by atoms with Crippen molar-refractivity contribution in [2.45, 2.75) is 12.8 Å². The molecule has 26 heavy (non-hydrogen) atoms. The highest BCUT2D eigenvalue weighted by molar-refractivity contribution is 6.05. The normalized spacial score (nSPS) is 12.8. The number of nitrogens with one attached hydrogen (secondary N) is 2. The number of carbonyl (C=O) groups is 2. The van der Waals surface area contributed by atoms with E-state index in [4.69, 9.17) is 9.47 Å². The number of benzene rings is 2. The van der Waals surface area contributed by atoms with Gasteiger partial charge in [0.15, 0.2) is 11.5 Å². The van der Waals surface area contributed by atoms with E-state index in [-0.39, 0.29) is 35.1 Å². The summed E-state index contributed by atoms with van der Waals surface area (Å²) < 4.78 is 38.4. The molecule has 3 rings (SSSR count). The Labute approximate surface area is 148 Å². The van der Waals surface area contributed by atoms with E-state index in [1.165, 1.54) is 32.4 Å². The van der Waals surface area contributed by atoms with Crippen molar-refractivity contribution in [2.75, 3.05) is 24.9 Å². The lowest BCUT2D eigenvalue weighted by molar-refractivity contribution is -0.116. The fourth-order valence-electron chi connectivity index (χ4n) is 2.71. The van der Waals surface area contributed by atoms with Crippen LogP contribution in [0.25, 0.3) is 0 Å². The van der Waals surface area contributed by atoms with E-state index >= 15 is 0 Å². The molecular formula is C18H16F2N2O4. The minimum absolute atomic E-state index is 0.129. The molecule has 0 saturated carbocycles. The molecule has 2 aromatic carbocycles. The van der Waals surface area contributed by atoms with Gasteiger partial charge >= 0.3 is 0 Å². The standard InChI is InChI=1S/C18H16F2N2O4/c1-25-15-6-10(11(19)7-16(15)26-2)18(24)22-14-8-13-9(5-12(14)20)3-4-17(23)21-13/h5-8H,3-4H2,1-2H3,(H,21,23)(H,22,24). The summed E-state index contributed by atoms with van der Waals surface area (Å²) in [6, 6.07) is 4.74. The van der Waals surface area contributed by atoms with E-state index < -0.39 is 17.5 Å². The maximum absolute atomic E-state index is 14.2. The lowest BCUT2D eigenvalue weighted by Gasteiger charge is -2.18. The molecule has 1 aliphatic rings. The number of halogens is 2. The molecule has 2 aromatic rings. The monoisotopic (exact) mass is 362 g/mol. The second-order valence-corrected chi connectivity index (χ2v) is 5.68. The van der Waals surface area contributed by atoms with Gasteiger partial charge in [-0.25, -0.2) is 8.78 Å². The number of methoxy groups -OCH3 is 2. The van der Waals surface area contributed by atoms with E-state index in [9.17, 15) is 18.4 Å². The highest BCUT2D eigenvalue weighted by Gasteiger charge is 2.21. The number of rotatable bonds is 4. The molecule has 0 aliphatic carbocycles. The molecule has 0 atom stereocenters. The molecule has 2 N–H and O–H groups in total. The van der Waals surface area contributed by atoms with Crippen molar-refractivity contribution >= 4 is 23.2 Å². The third kappa shape index (κ3) is 3.30. The zero-order valence-corrected chi connectivity index (χ0v) is 14.1. The second kappa shape index (κ2) is 6.99. The minimum Gasteiger partial charge on any atom is -0.493 e. The predicted octanol–water partition coefficient (Wildman–Crippen LogP) is 3.12. The molecule has 8 heteroatoms. The Morgan fingerprint density at radius 2 is 1.73 bits per heavy atom. The molecule has 136 valence electrons. The molecule has 1 aliphatic heterocycles. The minimum atomic E-state index is -0.857. The first kappa shape index (κ1) is 17.7. The SMILES string of the molecule is COc1cc(F)c(C(=O)Nc2cc3c(cc2F)CCC(=O)N3)cc1OC. The largest absolute Gasteiger partial charge is 0.493 e. The van der Waals surface area contributed by atoms with E-state index in [1.807, 2.05) is 0 Å². The second-order valence-electron chi connectivity index (χ2n) is 5.68. The molecule has 0 unspecified atom stereocenters. The van der Waals surface area contributed by atoms with Gasteiger partial charge in [-0.15, -0.1) is 0 Å². The molecule has 6 nitrogen and oxygen atoms in total. The van der Waals surface area contributed by atoms with Crippen LogP contribution < -0.4 is 20.1 Å². The van der Waals surface area contributed by atoms with Crippen molar-refractivity contribution in [3.8, 4) is 11.5 Å². The number of hydrogen-bond acceptors (Lipinski definition) is 4. The first-order valence-electron chi connectivity index (χ1n) is 7.78. The number of amides is 2. The fourth-order valence-corrected chi connectivity index (χ4v) is 2.71. The summed E-state index contributed by atoms with van der Waals surface area (Å²) in [6.07, 6.45) is 0.686. The van der Waals surface area contributed by atoms with E-state index in [0.29, 0.717) is 17.7 Å². The highest BCUT2D eigenvalue weighted by Crippen LogP contribution is 2.32. The molecule has 2 amide bonds. The number of hydrogen-bond donors (Lipinski definition) is 2. The van der Waals surface area contributed by atoms with Gasteiger partial charge in [-0.1, -0.05) is 0 Å². The Balaban J connectivity index is 1.91. The summed E-state index contributed by atoms with van der Waals surface area (Å²) in [6.45, 7) is 0. The Hall–Kier alpha value is -3.16. The van der Waals surface area contributed by atoms with Crippen LogP contribution in [-0.2, 0) is 11.2 Å². The van der Waals surface area contributed by atoms with Crippen LogP contribution in [0.4, 0.5) is 20.2 Å². The van der Waals surface area contributed by atoms with Gasteiger partial charge in [-0.05, 0) is 30.2 Å². The van der Waals surface area contributed by atoms with E-state index in [2.05, 4.69) is 10.6 Å². The Bertz CT molecular complexity index is 899. The van der Waals surface area contributed by atoms with Crippen LogP contribution in [0.3, 0.4) is 0 Å². The van der Waals surface area contributed by atoms with E-state index in [0.717, 1.165) is 6.07 Å². The van der Waals surface area contributed by atoms with Gasteiger partial charge in [0.2, 0.25) is 5.91 Å². The fraction of sp³-hybridized carbons (Fsp3) is 0.222. The molecule has 1 heterocycles. The number of carbonyl (C=O) groups excluding carboxylic acids is 2. The van der Waals surface area contributed by atoms with Gasteiger partial charge in [-0.2, -0.15) is 0 Å². The Morgan fingerprint density at radius 3 is 2.42 bits per heavy atom. The first-order valence-corrected chi connectivity index (χ1v) is 7.78. The average Bonchev–Trinajstić information content (AvgIpc) is 2.62. The van der Waals surface area contributed by atoms with Gasteiger partial charge in [0.05, 0.1) is 25.5 Å². The van der Waals surface area contributed by atoms with Crippen LogP contribution in [0.15, 0.2) is 24.3 Å². The topological polar surface area (TPSA) is 76.7 Å². The number of aryl methyl sites for hydroxylation is 1. The zero-order chi connectivity index (χ0) is 18.8. The van der Waals surface area contributed by atoms with E-state index in [1.54, 1.807) is 0 Å². The van der Waals surface area contributed by atoms with Crippen LogP contribution >= 0.6 is 0 Å². The van der Waals surface area contributed by atoms with Crippen LogP contribution in [0.5, 0.6) is 11.5 Å². The highest BCUT2D eigenvalue weighted by atomic mass is 19.1. The number of fused-ring (bicyclic) bond motifs is 1. The van der Waals surface area contributed by atoms with Gasteiger partial charge in [-0.3, -0.25) is 9.59 Å². The summed E-state index contributed by atoms with van der Waals surface area (Å²) in [7, 11) is 2.69. The zero-order valence-electron chi connectivity index (χ0n) is 14.1. The van der Waals surface area contributed by atoms with Crippen LogP contribution in [-0.4, -0.2) is 26.0 Å². The van der Waals surface area contributed by atoms with Gasteiger partial charge < -0.3 is 20.1 Å². The van der Waals surface area contributed by atoms with Gasteiger partial charge in [0, 0.05) is 18.2 Å². The van der Waals surface area contributed by atoms with Crippen LogP contribution in [0.1, 0.15) is 22.3 Å². The van der Waals surface area contributed by atoms with Crippen molar-refractivity contribution in [2.24, 2.45) is 0 Å². The summed E-state index contributed by atoms with van der Waals surface area (Å²) in [5, 5.41) is 4.94. The molecule has 0 aromatic heterocycles. The molecule has 0 radical (unpaired) electrons. The van der Waals surface area contributed by atoms with Gasteiger partial charge in [0.1, 0.15) is 11.6 Å². The van der Waals surface area contributed by atoms with Crippen LogP contribution in [0.2, 0.25) is 0 Å². The van der Waals surface area contributed by atoms with Gasteiger partial charge in [0.25, 0.3) is 5.91 Å². The summed E-state index contributed by atoms with van der Waals surface area (Å²) in [5.74, 6) is -2.26. The summed E-state index contributed by atoms with van der Waals surface area (Å²) in [4.78, 5) is 23.9. The maximum atomic E-state index is 14.2. The van der Waals surface area contributed by atoms with Crippen molar-refractivity contribution in [3.63, 3.8) is 0 Å². The maximum Gasteiger partial charge on any atom is 0.258 e. The van der Waals surface area contributed by atoms with Crippen molar-refractivity contribution < 1.29 is 27.8 Å². The number of ether oxygens (including phenoxy) is 2. The summed E-state index contributed by atoms with van der Waals surface area (Å²) in [5.41, 5.74) is 0.567. The summed E-state index contributed by atoms with van der Waals surface area (Å²) >= 11 is 0. The smallest absolute Gasteiger partial charge is 0.258 e. The molecular weight excluding hydrogens is 346 g/mol. The predicted molar refractivity (Wildman–Crippen MR) is 90.8 cm³/mol. The molecule has 0 fully saturated rings. The quantitative estimate of drug-likeness (QED) is 0.876. The third-order valence-electron chi connectivity index (χ3n) is 4.05. The van der Waals surface area contributed by atoms with Crippen LogP contribution in [0, 0.1) is 11.6 Å². The third-order valence-corrected chi connectivity index (χ3v) is 4.05. The first-order chi connectivity index (χ1) is 12.4. The Kier molecular flexibility index (Phi) is 4.75. The molecule has 0 spiro atoms. The van der Waals surface area contributed by atoms with Crippen molar-refractivity contribution in [1.29, 1.82) is 0 Å². The van der Waals surface area contributed by atoms with Crippen molar-refractivity contribution in [1.82, 2.24) is 0 Å². The number of anilines is 2. The Morgan fingerprint density at radius 1 is 1.04 bits per heavy atom. The lowest BCUT2D eigenvalue weighted by atomic mass is 10.0. The average molecular weight is 362 g/mol. The molecule has 0 bridgehead atoms. The van der Waals surface area contributed by atoms with Crippen molar-refractivity contribution in [3.05, 3.63) is 47.0 Å².